The monoisotopic (exact) mass is 183 g/mol. The van der Waals surface area contributed by atoms with Crippen LogP contribution < -0.4 is 0 Å². The Morgan fingerprint density at radius 1 is 1.50 bits per heavy atom. The molecule has 0 aliphatic heterocycles. The van der Waals surface area contributed by atoms with Crippen LogP contribution >= 0.6 is 22.6 Å². The molecule has 5 heteroatoms. The molecule has 0 aliphatic carbocycles. The molecule has 0 aromatic rings. The van der Waals surface area contributed by atoms with Crippen molar-refractivity contribution in [2.24, 2.45) is 0 Å². The van der Waals surface area contributed by atoms with E-state index < -0.39 is 0 Å². The summed E-state index contributed by atoms with van der Waals surface area (Å²) < 4.78 is 11.8. The van der Waals surface area contributed by atoms with E-state index in [0.717, 1.165) is 0 Å². The van der Waals surface area contributed by atoms with Crippen molar-refractivity contribution in [2.75, 3.05) is 27.8 Å². The van der Waals surface area contributed by atoms with Crippen LogP contribution in [0, 0.1) is 0 Å². The van der Waals surface area contributed by atoms with Crippen molar-refractivity contribution in [2.45, 2.75) is 6.29 Å². The average Bonchev–Trinajstić information content (AvgIpc) is 1.99. The maximum atomic E-state index is 4.96. The van der Waals surface area contributed by atoms with Crippen molar-refractivity contribution >= 4 is 22.6 Å². The summed E-state index contributed by atoms with van der Waals surface area (Å²) in [4.78, 5) is 0. The van der Waals surface area contributed by atoms with Crippen LogP contribution in [0.2, 0.25) is 0 Å². The van der Waals surface area contributed by atoms with Gasteiger partial charge in [-0.25, -0.2) is 4.31 Å². The van der Waals surface area contributed by atoms with E-state index in [0.29, 0.717) is 6.54 Å². The molecule has 0 atom stereocenters. The van der Waals surface area contributed by atoms with E-state index in [1.165, 1.54) is 11.0 Å². The third-order valence-corrected chi connectivity index (χ3v) is 2.34. The van der Waals surface area contributed by atoms with Gasteiger partial charge in [0, 0.05) is 14.2 Å². The van der Waals surface area contributed by atoms with Crippen LogP contribution in [0.3, 0.4) is 0 Å². The van der Waals surface area contributed by atoms with Crippen molar-refractivity contribution < 1.29 is 9.47 Å². The summed E-state index contributed by atoms with van der Waals surface area (Å²) >= 11 is 4.00. The van der Waals surface area contributed by atoms with Gasteiger partial charge < -0.3 is 9.47 Å². The average molecular weight is 183 g/mol. The molecule has 0 spiro atoms. The zero-order valence-electron chi connectivity index (χ0n) is 6.40. The first kappa shape index (κ1) is 10.6. The molecule has 0 heterocycles. The SMILES string of the molecule is COC(CN(C)SS)OC. The lowest BCUT2D eigenvalue weighted by atomic mass is 10.6. The van der Waals surface area contributed by atoms with Gasteiger partial charge in [0.2, 0.25) is 0 Å². The quantitative estimate of drug-likeness (QED) is 0.297. The Balaban J connectivity index is 3.41. The molecule has 0 N–H and O–H groups in total. The van der Waals surface area contributed by atoms with Crippen LogP contribution in [-0.4, -0.2) is 38.4 Å². The van der Waals surface area contributed by atoms with Crippen LogP contribution in [0.1, 0.15) is 0 Å². The molecule has 0 bridgehead atoms. The third-order valence-electron chi connectivity index (χ3n) is 1.07. The topological polar surface area (TPSA) is 21.7 Å². The Bertz CT molecular complexity index is 80.0. The molecule has 0 aromatic heterocycles. The molecule has 62 valence electrons. The molecule has 0 fully saturated rings. The van der Waals surface area contributed by atoms with Gasteiger partial charge in [-0.1, -0.05) is 11.7 Å². The molecule has 0 radical (unpaired) electrons. The summed E-state index contributed by atoms with van der Waals surface area (Å²) in [6, 6.07) is 0. The minimum absolute atomic E-state index is 0.162. The molecule has 10 heavy (non-hydrogen) atoms. The Morgan fingerprint density at radius 2 is 2.00 bits per heavy atom. The van der Waals surface area contributed by atoms with Gasteiger partial charge in [0.15, 0.2) is 6.29 Å². The number of thiol groups is 1. The number of likely N-dealkylation sites (N-methyl/N-ethyl adjacent to an activating group) is 1. The van der Waals surface area contributed by atoms with E-state index in [-0.39, 0.29) is 6.29 Å². The second-order valence-corrected chi connectivity index (χ2v) is 3.07. The zero-order valence-corrected chi connectivity index (χ0v) is 8.11. The molecule has 0 aromatic carbocycles. The lowest BCUT2D eigenvalue weighted by Crippen LogP contribution is -2.26. The largest absolute Gasteiger partial charge is 0.355 e. The highest BCUT2D eigenvalue weighted by Crippen LogP contribution is 2.11. The van der Waals surface area contributed by atoms with Gasteiger partial charge in [-0.15, -0.1) is 0 Å². The first-order valence-electron chi connectivity index (χ1n) is 2.82. The summed E-state index contributed by atoms with van der Waals surface area (Å²) in [5.74, 6) is 0. The fourth-order valence-corrected chi connectivity index (χ4v) is 0.877. The number of rotatable bonds is 5. The Morgan fingerprint density at radius 3 is 2.30 bits per heavy atom. The third kappa shape index (κ3) is 4.40. The molecule has 3 nitrogen and oxygen atoms in total. The highest BCUT2D eigenvalue weighted by molar-refractivity contribution is 8.67. The Labute approximate surface area is 71.0 Å². The number of ether oxygens (including phenoxy) is 2. The van der Waals surface area contributed by atoms with Crippen LogP contribution in [-0.2, 0) is 9.47 Å². The zero-order chi connectivity index (χ0) is 7.98. The summed E-state index contributed by atoms with van der Waals surface area (Å²) in [6.07, 6.45) is -0.162. The summed E-state index contributed by atoms with van der Waals surface area (Å²) in [5, 5.41) is 0. The molecule has 0 saturated carbocycles. The van der Waals surface area contributed by atoms with Gasteiger partial charge in [0.25, 0.3) is 0 Å². The number of nitrogens with zero attached hydrogens (tertiary/aromatic N) is 1. The van der Waals surface area contributed by atoms with E-state index in [1.54, 1.807) is 14.2 Å². The minimum Gasteiger partial charge on any atom is -0.355 e. The Hall–Kier alpha value is 0.580. The first-order valence-corrected chi connectivity index (χ1v) is 4.65. The van der Waals surface area contributed by atoms with Crippen molar-refractivity contribution in [1.82, 2.24) is 4.31 Å². The standard InChI is InChI=1S/C5H13NO2S2/c1-6(10-9)4-5(7-2)8-3/h5,9H,4H2,1-3H3. The number of methoxy groups -OCH3 is 2. The highest BCUT2D eigenvalue weighted by atomic mass is 33.1. The summed E-state index contributed by atoms with van der Waals surface area (Å²) in [7, 11) is 6.50. The van der Waals surface area contributed by atoms with Crippen molar-refractivity contribution in [3.05, 3.63) is 0 Å². The van der Waals surface area contributed by atoms with Gasteiger partial charge in [0.1, 0.15) is 0 Å². The smallest absolute Gasteiger partial charge is 0.170 e. The molecular formula is C5H13NO2S2. The second kappa shape index (κ2) is 6.30. The van der Waals surface area contributed by atoms with Gasteiger partial charge in [-0.2, -0.15) is 0 Å². The van der Waals surface area contributed by atoms with Gasteiger partial charge in [-0.3, -0.25) is 0 Å². The van der Waals surface area contributed by atoms with E-state index >= 15 is 0 Å². The summed E-state index contributed by atoms with van der Waals surface area (Å²) in [5.41, 5.74) is 0. The fraction of sp³-hybridized carbons (Fsp3) is 1.00. The van der Waals surface area contributed by atoms with Crippen molar-refractivity contribution in [3.8, 4) is 0 Å². The minimum atomic E-state index is -0.162. The van der Waals surface area contributed by atoms with Crippen LogP contribution in [0.4, 0.5) is 0 Å². The summed E-state index contributed by atoms with van der Waals surface area (Å²) in [6.45, 7) is 0.709. The molecule has 0 rings (SSSR count). The molecule has 0 unspecified atom stereocenters. The van der Waals surface area contributed by atoms with E-state index in [9.17, 15) is 0 Å². The maximum Gasteiger partial charge on any atom is 0.170 e. The lowest BCUT2D eigenvalue weighted by Gasteiger charge is -2.18. The first-order chi connectivity index (χ1) is 4.74. The molecule has 0 amide bonds. The predicted molar refractivity (Wildman–Crippen MR) is 47.0 cm³/mol. The number of hydrogen-bond acceptors (Lipinski definition) is 5. The molecule has 0 aliphatic rings. The highest BCUT2D eigenvalue weighted by Gasteiger charge is 2.07. The van der Waals surface area contributed by atoms with E-state index in [1.807, 2.05) is 11.4 Å². The second-order valence-electron chi connectivity index (χ2n) is 1.79. The van der Waals surface area contributed by atoms with Gasteiger partial charge >= 0.3 is 0 Å². The van der Waals surface area contributed by atoms with Crippen LogP contribution in [0.5, 0.6) is 0 Å². The lowest BCUT2D eigenvalue weighted by molar-refractivity contribution is -0.105. The normalized spacial score (nSPS) is 11.4. The van der Waals surface area contributed by atoms with Gasteiger partial charge in [-0.05, 0) is 18.0 Å². The van der Waals surface area contributed by atoms with Gasteiger partial charge in [0.05, 0.1) is 6.54 Å². The Kier molecular flexibility index (Phi) is 6.67. The predicted octanol–water partition coefficient (Wildman–Crippen LogP) is 1.03. The van der Waals surface area contributed by atoms with Crippen molar-refractivity contribution in [1.29, 1.82) is 0 Å². The van der Waals surface area contributed by atoms with Crippen LogP contribution in [0.25, 0.3) is 0 Å². The van der Waals surface area contributed by atoms with Crippen LogP contribution in [0.15, 0.2) is 0 Å². The number of hydrogen-bond donors (Lipinski definition) is 1. The van der Waals surface area contributed by atoms with E-state index in [4.69, 9.17) is 9.47 Å². The maximum absolute atomic E-state index is 4.96. The fourth-order valence-electron chi connectivity index (χ4n) is 0.489. The molecule has 0 saturated heterocycles. The van der Waals surface area contributed by atoms with Crippen molar-refractivity contribution in [3.63, 3.8) is 0 Å². The van der Waals surface area contributed by atoms with E-state index in [2.05, 4.69) is 11.7 Å². The molecular weight excluding hydrogens is 170 g/mol.